The predicted molar refractivity (Wildman–Crippen MR) is 104 cm³/mol. The fourth-order valence-corrected chi connectivity index (χ4v) is 3.54. The highest BCUT2D eigenvalue weighted by atomic mass is 35.5. The van der Waals surface area contributed by atoms with Crippen LogP contribution in [0.1, 0.15) is 33.4 Å². The Morgan fingerprint density at radius 3 is 2.54 bits per heavy atom. The molecule has 2 nitrogen and oxygen atoms in total. The van der Waals surface area contributed by atoms with Gasteiger partial charge in [0, 0.05) is 22.7 Å². The van der Waals surface area contributed by atoms with Gasteiger partial charge >= 0.3 is 0 Å². The quantitative estimate of drug-likeness (QED) is 0.805. The lowest BCUT2D eigenvalue weighted by atomic mass is 9.94. The number of likely N-dealkylation sites (N-methyl/N-ethyl adjacent to an activating group) is 1. The van der Waals surface area contributed by atoms with E-state index >= 15 is 0 Å². The third-order valence-electron chi connectivity index (χ3n) is 4.81. The Labute approximate surface area is 150 Å². The summed E-state index contributed by atoms with van der Waals surface area (Å²) in [5, 5.41) is 0.856. The van der Waals surface area contributed by atoms with Crippen LogP contribution >= 0.6 is 11.6 Å². The summed E-state index contributed by atoms with van der Waals surface area (Å²) in [6, 6.07) is 10.8. The van der Waals surface area contributed by atoms with Gasteiger partial charge in [-0.3, -0.25) is 4.99 Å². The second-order valence-corrected chi connectivity index (χ2v) is 7.30. The van der Waals surface area contributed by atoms with Crippen LogP contribution in [0.3, 0.4) is 0 Å². The number of rotatable bonds is 3. The SMILES string of the molecule is Cc1cc2c(cc1C)C(=NCCN(C)C)c1cccc(Cl)c1CC2. The molecule has 0 atom stereocenters. The van der Waals surface area contributed by atoms with E-state index in [0.717, 1.165) is 36.7 Å². The van der Waals surface area contributed by atoms with Crippen LogP contribution in [0, 0.1) is 13.8 Å². The zero-order valence-corrected chi connectivity index (χ0v) is 15.7. The molecule has 126 valence electrons. The molecule has 0 radical (unpaired) electrons. The summed E-state index contributed by atoms with van der Waals surface area (Å²) in [6.07, 6.45) is 1.98. The number of benzene rings is 2. The zero-order chi connectivity index (χ0) is 17.3. The van der Waals surface area contributed by atoms with Gasteiger partial charge in [-0.25, -0.2) is 0 Å². The smallest absolute Gasteiger partial charge is 0.0725 e. The van der Waals surface area contributed by atoms with E-state index in [1.165, 1.54) is 33.4 Å². The first-order chi connectivity index (χ1) is 11.5. The van der Waals surface area contributed by atoms with Crippen molar-refractivity contribution in [2.45, 2.75) is 26.7 Å². The third kappa shape index (κ3) is 3.40. The van der Waals surface area contributed by atoms with Crippen LogP contribution in [-0.4, -0.2) is 37.8 Å². The van der Waals surface area contributed by atoms with Crippen LogP contribution in [0.5, 0.6) is 0 Å². The summed E-state index contributed by atoms with van der Waals surface area (Å²) in [5.74, 6) is 0. The summed E-state index contributed by atoms with van der Waals surface area (Å²) in [5.41, 5.74) is 8.85. The lowest BCUT2D eigenvalue weighted by Gasteiger charge is -2.14. The van der Waals surface area contributed by atoms with Crippen molar-refractivity contribution in [2.24, 2.45) is 4.99 Å². The van der Waals surface area contributed by atoms with Crippen LogP contribution in [-0.2, 0) is 12.8 Å². The van der Waals surface area contributed by atoms with E-state index in [1.807, 2.05) is 12.1 Å². The molecule has 0 spiro atoms. The van der Waals surface area contributed by atoms with Crippen molar-refractivity contribution in [3.8, 4) is 0 Å². The van der Waals surface area contributed by atoms with Gasteiger partial charge in [0.1, 0.15) is 0 Å². The van der Waals surface area contributed by atoms with Crippen molar-refractivity contribution in [3.63, 3.8) is 0 Å². The highest BCUT2D eigenvalue weighted by Gasteiger charge is 2.21. The van der Waals surface area contributed by atoms with Gasteiger partial charge in [0.15, 0.2) is 0 Å². The van der Waals surface area contributed by atoms with Crippen molar-refractivity contribution in [3.05, 3.63) is 68.7 Å². The molecule has 0 saturated heterocycles. The molecule has 1 aliphatic carbocycles. The topological polar surface area (TPSA) is 15.6 Å². The number of aliphatic imine (C=N–C) groups is 1. The number of nitrogens with zero attached hydrogens (tertiary/aromatic N) is 2. The molecule has 0 aliphatic heterocycles. The molecule has 0 fully saturated rings. The van der Waals surface area contributed by atoms with Crippen molar-refractivity contribution < 1.29 is 0 Å². The highest BCUT2D eigenvalue weighted by Crippen LogP contribution is 2.31. The average Bonchev–Trinajstić information content (AvgIpc) is 2.67. The van der Waals surface area contributed by atoms with E-state index in [4.69, 9.17) is 16.6 Å². The number of hydrogen-bond acceptors (Lipinski definition) is 2. The second kappa shape index (κ2) is 7.08. The van der Waals surface area contributed by atoms with Gasteiger partial charge < -0.3 is 4.90 Å². The zero-order valence-electron chi connectivity index (χ0n) is 15.0. The molecule has 3 rings (SSSR count). The molecule has 24 heavy (non-hydrogen) atoms. The maximum Gasteiger partial charge on any atom is 0.0725 e. The van der Waals surface area contributed by atoms with Crippen molar-refractivity contribution in [2.75, 3.05) is 27.2 Å². The number of hydrogen-bond donors (Lipinski definition) is 0. The normalized spacial score (nSPS) is 15.3. The summed E-state index contributed by atoms with van der Waals surface area (Å²) < 4.78 is 0. The fraction of sp³-hybridized carbons (Fsp3) is 0.381. The van der Waals surface area contributed by atoms with Crippen LogP contribution in [0.4, 0.5) is 0 Å². The van der Waals surface area contributed by atoms with Gasteiger partial charge in [-0.1, -0.05) is 29.8 Å². The van der Waals surface area contributed by atoms with Crippen LogP contribution in [0.25, 0.3) is 0 Å². The molecule has 0 N–H and O–H groups in total. The van der Waals surface area contributed by atoms with Gasteiger partial charge in [0.25, 0.3) is 0 Å². The largest absolute Gasteiger partial charge is 0.308 e. The second-order valence-electron chi connectivity index (χ2n) is 6.89. The average molecular weight is 341 g/mol. The fourth-order valence-electron chi connectivity index (χ4n) is 3.27. The molecular formula is C21H25ClN2. The van der Waals surface area contributed by atoms with E-state index in [9.17, 15) is 0 Å². The summed E-state index contributed by atoms with van der Waals surface area (Å²) in [4.78, 5) is 7.16. The van der Waals surface area contributed by atoms with Crippen molar-refractivity contribution in [1.29, 1.82) is 0 Å². The first kappa shape index (κ1) is 17.2. The Morgan fingerprint density at radius 1 is 1.04 bits per heavy atom. The highest BCUT2D eigenvalue weighted by molar-refractivity contribution is 6.32. The molecule has 0 amide bonds. The Kier molecular flexibility index (Phi) is 5.07. The third-order valence-corrected chi connectivity index (χ3v) is 5.16. The number of fused-ring (bicyclic) bond motifs is 2. The molecule has 0 unspecified atom stereocenters. The van der Waals surface area contributed by atoms with Crippen LogP contribution in [0.15, 0.2) is 35.3 Å². The van der Waals surface area contributed by atoms with E-state index < -0.39 is 0 Å². The maximum atomic E-state index is 6.51. The van der Waals surface area contributed by atoms with Crippen molar-refractivity contribution >= 4 is 17.3 Å². The first-order valence-corrected chi connectivity index (χ1v) is 8.92. The van der Waals surface area contributed by atoms with E-state index in [2.05, 4.69) is 51.0 Å². The van der Waals surface area contributed by atoms with E-state index in [-0.39, 0.29) is 0 Å². The first-order valence-electron chi connectivity index (χ1n) is 8.55. The minimum absolute atomic E-state index is 0.792. The number of halogens is 1. The lowest BCUT2D eigenvalue weighted by Crippen LogP contribution is -2.17. The summed E-state index contributed by atoms with van der Waals surface area (Å²) in [7, 11) is 4.17. The molecule has 0 bridgehead atoms. The van der Waals surface area contributed by atoms with Gasteiger partial charge in [-0.2, -0.15) is 0 Å². The van der Waals surface area contributed by atoms with Gasteiger partial charge in [-0.05, 0) is 75.2 Å². The Balaban J connectivity index is 2.17. The van der Waals surface area contributed by atoms with E-state index in [0.29, 0.717) is 0 Å². The lowest BCUT2D eigenvalue weighted by molar-refractivity contribution is 0.420. The van der Waals surface area contributed by atoms with Crippen molar-refractivity contribution in [1.82, 2.24) is 4.90 Å². The molecule has 0 saturated carbocycles. The minimum atomic E-state index is 0.792. The molecular weight excluding hydrogens is 316 g/mol. The number of aryl methyl sites for hydroxylation is 3. The molecule has 2 aromatic rings. The Bertz CT molecular complexity index is 791. The summed E-state index contributed by atoms with van der Waals surface area (Å²) >= 11 is 6.51. The molecule has 0 heterocycles. The predicted octanol–water partition coefficient (Wildman–Crippen LogP) is 4.45. The maximum absolute atomic E-state index is 6.51. The Morgan fingerprint density at radius 2 is 1.79 bits per heavy atom. The van der Waals surface area contributed by atoms with Crippen LogP contribution < -0.4 is 0 Å². The molecule has 2 aromatic carbocycles. The minimum Gasteiger partial charge on any atom is -0.308 e. The summed E-state index contributed by atoms with van der Waals surface area (Å²) in [6.45, 7) is 6.10. The van der Waals surface area contributed by atoms with Gasteiger partial charge in [0.2, 0.25) is 0 Å². The Hall–Kier alpha value is -1.64. The standard InChI is InChI=1S/C21H25ClN2/c1-14-12-16-8-9-17-18(6-5-7-20(17)22)21(19(16)13-15(14)2)23-10-11-24(3)4/h5-7,12-13H,8-11H2,1-4H3. The molecule has 3 heteroatoms. The van der Waals surface area contributed by atoms with Crippen LogP contribution in [0.2, 0.25) is 5.02 Å². The monoisotopic (exact) mass is 340 g/mol. The van der Waals surface area contributed by atoms with E-state index in [1.54, 1.807) is 0 Å². The van der Waals surface area contributed by atoms with Gasteiger partial charge in [-0.15, -0.1) is 0 Å². The van der Waals surface area contributed by atoms with Gasteiger partial charge in [0.05, 0.1) is 12.3 Å². The molecule has 0 aromatic heterocycles. The molecule has 1 aliphatic rings.